The Bertz CT molecular complexity index is 306. The van der Waals surface area contributed by atoms with E-state index in [-0.39, 0.29) is 57.2 Å². The summed E-state index contributed by atoms with van der Waals surface area (Å²) in [7, 11) is 0. The van der Waals surface area contributed by atoms with Crippen molar-refractivity contribution >= 4 is 12.0 Å². The van der Waals surface area contributed by atoms with Crippen LogP contribution in [-0.4, -0.2) is 5.97 Å². The zero-order valence-corrected chi connectivity index (χ0v) is 10.3. The minimum Gasteiger partial charge on any atom is -0.545 e. The summed E-state index contributed by atoms with van der Waals surface area (Å²) in [5.41, 5.74) is 0.626. The Labute approximate surface area is 118 Å². The number of carboxylic acid groups (broad SMARTS) is 1. The molecule has 1 aromatic carbocycles. The third-order valence-electron chi connectivity index (χ3n) is 1.28. The number of hydrogen-bond acceptors (Lipinski definition) is 2. The fraction of sp³-hybridized carbons (Fsp3) is 0. The molecule has 0 aliphatic heterocycles. The van der Waals surface area contributed by atoms with Gasteiger partial charge in [-0.05, 0) is 23.8 Å². The maximum atomic E-state index is 12.3. The van der Waals surface area contributed by atoms with E-state index in [1.807, 2.05) is 0 Å². The second-order valence-electron chi connectivity index (χ2n) is 2.20. The predicted molar refractivity (Wildman–Crippen MR) is 40.4 cm³/mol. The molecule has 0 radical (unpaired) electrons. The Morgan fingerprint density at radius 3 is 2.31 bits per heavy atom. The fourth-order valence-corrected chi connectivity index (χ4v) is 0.738. The third kappa shape index (κ3) is 5.33. The predicted octanol–water partition coefficient (Wildman–Crippen LogP) is -2.41. The Hall–Kier alpha value is -0.00364. The van der Waals surface area contributed by atoms with Gasteiger partial charge in [0.1, 0.15) is 5.82 Å². The van der Waals surface area contributed by atoms with E-state index in [9.17, 15) is 14.3 Å². The SMILES string of the molecule is O=C([O-])/C=C/c1ccc(F)cc1.[K+]. The average Bonchev–Trinajstić information content (AvgIpc) is 2.03. The standard InChI is InChI=1S/C9H7FO2.K/c10-8-4-1-7(2-5-8)3-6-9(11)12;/h1-6H,(H,11,12);/q;+1/p-1/b6-3+;. The molecule has 1 rings (SSSR count). The van der Waals surface area contributed by atoms with Crippen molar-refractivity contribution in [2.45, 2.75) is 0 Å². The largest absolute Gasteiger partial charge is 1.00 e. The van der Waals surface area contributed by atoms with Crippen molar-refractivity contribution < 1.29 is 65.7 Å². The number of carbonyl (C=O) groups is 1. The van der Waals surface area contributed by atoms with E-state index in [0.717, 1.165) is 6.08 Å². The van der Waals surface area contributed by atoms with Crippen molar-refractivity contribution in [2.24, 2.45) is 0 Å². The van der Waals surface area contributed by atoms with E-state index >= 15 is 0 Å². The Morgan fingerprint density at radius 1 is 1.31 bits per heavy atom. The van der Waals surface area contributed by atoms with Crippen LogP contribution in [0.15, 0.2) is 30.3 Å². The first-order valence-electron chi connectivity index (χ1n) is 3.33. The molecule has 0 aliphatic rings. The molecule has 0 unspecified atom stereocenters. The molecular formula is C9H6FKO2. The van der Waals surface area contributed by atoms with E-state index in [1.165, 1.54) is 30.3 Å². The molecule has 62 valence electrons. The van der Waals surface area contributed by atoms with Crippen LogP contribution in [-0.2, 0) is 4.79 Å². The number of halogens is 1. The number of rotatable bonds is 2. The third-order valence-corrected chi connectivity index (χ3v) is 1.28. The monoisotopic (exact) mass is 204 g/mol. The molecule has 0 aromatic heterocycles. The number of carboxylic acids is 1. The molecule has 0 amide bonds. The summed E-state index contributed by atoms with van der Waals surface area (Å²) in [4.78, 5) is 9.97. The molecule has 4 heteroatoms. The molecule has 0 bridgehead atoms. The molecule has 0 heterocycles. The molecule has 0 saturated carbocycles. The molecule has 0 fully saturated rings. The normalized spacial score (nSPS) is 9.62. The zero-order chi connectivity index (χ0) is 8.97. The van der Waals surface area contributed by atoms with E-state index in [1.54, 1.807) is 0 Å². The first-order chi connectivity index (χ1) is 5.68. The number of hydrogen-bond donors (Lipinski definition) is 0. The van der Waals surface area contributed by atoms with Gasteiger partial charge >= 0.3 is 51.4 Å². The summed E-state index contributed by atoms with van der Waals surface area (Å²) in [6, 6.07) is 5.48. The number of carbonyl (C=O) groups excluding carboxylic acids is 1. The van der Waals surface area contributed by atoms with Gasteiger partial charge in [0, 0.05) is 0 Å². The second-order valence-corrected chi connectivity index (χ2v) is 2.20. The molecule has 13 heavy (non-hydrogen) atoms. The maximum Gasteiger partial charge on any atom is 1.00 e. The first kappa shape index (κ1) is 13.0. The molecular weight excluding hydrogens is 198 g/mol. The Kier molecular flexibility index (Phi) is 6.45. The summed E-state index contributed by atoms with van der Waals surface area (Å²) >= 11 is 0. The molecule has 0 saturated heterocycles. The summed E-state index contributed by atoms with van der Waals surface area (Å²) < 4.78 is 12.3. The Morgan fingerprint density at radius 2 is 1.85 bits per heavy atom. The summed E-state index contributed by atoms with van der Waals surface area (Å²) in [6.07, 6.45) is 2.24. The van der Waals surface area contributed by atoms with E-state index in [4.69, 9.17) is 0 Å². The molecule has 1 aromatic rings. The minimum absolute atomic E-state index is 0. The quantitative estimate of drug-likeness (QED) is 0.398. The van der Waals surface area contributed by atoms with Crippen molar-refractivity contribution in [3.8, 4) is 0 Å². The smallest absolute Gasteiger partial charge is 0.545 e. The summed E-state index contributed by atoms with van der Waals surface area (Å²) in [6.45, 7) is 0. The molecule has 0 spiro atoms. The number of benzene rings is 1. The second kappa shape index (κ2) is 6.45. The van der Waals surface area contributed by atoms with E-state index in [0.29, 0.717) is 5.56 Å². The van der Waals surface area contributed by atoms with Crippen molar-refractivity contribution in [3.63, 3.8) is 0 Å². The van der Waals surface area contributed by atoms with Crippen LogP contribution < -0.4 is 56.5 Å². The first-order valence-corrected chi connectivity index (χ1v) is 3.33. The molecule has 0 aliphatic carbocycles. The zero-order valence-electron chi connectivity index (χ0n) is 7.16. The van der Waals surface area contributed by atoms with Gasteiger partial charge in [-0.2, -0.15) is 0 Å². The van der Waals surface area contributed by atoms with Gasteiger partial charge < -0.3 is 9.90 Å². The van der Waals surface area contributed by atoms with Crippen molar-refractivity contribution in [1.82, 2.24) is 0 Å². The number of aliphatic carboxylic acids is 1. The van der Waals surface area contributed by atoms with Gasteiger partial charge in [-0.3, -0.25) is 0 Å². The average molecular weight is 204 g/mol. The summed E-state index contributed by atoms with van der Waals surface area (Å²) in [5.74, 6) is -1.61. The topological polar surface area (TPSA) is 40.1 Å². The van der Waals surface area contributed by atoms with Crippen LogP contribution in [0, 0.1) is 5.82 Å². The van der Waals surface area contributed by atoms with Gasteiger partial charge in [0.15, 0.2) is 0 Å². The van der Waals surface area contributed by atoms with E-state index in [2.05, 4.69) is 0 Å². The van der Waals surface area contributed by atoms with Crippen LogP contribution in [0.2, 0.25) is 0 Å². The van der Waals surface area contributed by atoms with Gasteiger partial charge in [0.05, 0.1) is 5.97 Å². The molecule has 2 nitrogen and oxygen atoms in total. The van der Waals surface area contributed by atoms with Crippen LogP contribution in [0.1, 0.15) is 5.56 Å². The van der Waals surface area contributed by atoms with Crippen molar-refractivity contribution in [3.05, 3.63) is 41.7 Å². The maximum absolute atomic E-state index is 12.3. The van der Waals surface area contributed by atoms with Crippen LogP contribution >= 0.6 is 0 Å². The summed E-state index contributed by atoms with van der Waals surface area (Å²) in [5, 5.41) is 9.97. The van der Waals surface area contributed by atoms with Crippen LogP contribution in [0.3, 0.4) is 0 Å². The molecule has 0 atom stereocenters. The van der Waals surface area contributed by atoms with Gasteiger partial charge in [0.2, 0.25) is 0 Å². The fourth-order valence-electron chi connectivity index (χ4n) is 0.738. The van der Waals surface area contributed by atoms with Gasteiger partial charge in [-0.1, -0.05) is 18.2 Å². The van der Waals surface area contributed by atoms with Crippen LogP contribution in [0.25, 0.3) is 6.08 Å². The van der Waals surface area contributed by atoms with Crippen LogP contribution in [0.5, 0.6) is 0 Å². The molecule has 0 N–H and O–H groups in total. The van der Waals surface area contributed by atoms with Crippen LogP contribution in [0.4, 0.5) is 4.39 Å². The Balaban J connectivity index is 0.00000144. The minimum atomic E-state index is -1.26. The van der Waals surface area contributed by atoms with Crippen molar-refractivity contribution in [2.75, 3.05) is 0 Å². The van der Waals surface area contributed by atoms with Gasteiger partial charge in [-0.25, -0.2) is 4.39 Å². The van der Waals surface area contributed by atoms with E-state index < -0.39 is 5.97 Å². The van der Waals surface area contributed by atoms with Crippen molar-refractivity contribution in [1.29, 1.82) is 0 Å². The van der Waals surface area contributed by atoms with Gasteiger partial charge in [0.25, 0.3) is 0 Å². The van der Waals surface area contributed by atoms with Gasteiger partial charge in [-0.15, -0.1) is 0 Å².